The number of amides is 3. The normalized spacial score (nSPS) is 29.6. The molecule has 3 heterocycles. The summed E-state index contributed by atoms with van der Waals surface area (Å²) in [6.07, 6.45) is 7.52. The number of rotatable bonds is 15. The van der Waals surface area contributed by atoms with Gasteiger partial charge < -0.3 is 24.5 Å². The lowest BCUT2D eigenvalue weighted by molar-refractivity contribution is -0.153. The number of hydrogen-bond donors (Lipinski definition) is 1. The fraction of sp³-hybridized carbons (Fsp3) is 0.759. The number of ether oxygens (including phenoxy) is 1. The van der Waals surface area contributed by atoms with E-state index in [4.69, 9.17) is 4.74 Å². The molecule has 0 saturated carbocycles. The smallest absolute Gasteiger partial charge is 0.248 e. The highest BCUT2D eigenvalue weighted by Gasteiger charge is 2.75. The molecule has 2 bridgehead atoms. The Morgan fingerprint density at radius 3 is 2.32 bits per heavy atom. The minimum Gasteiger partial charge on any atom is -0.394 e. The molecule has 7 atom stereocenters. The van der Waals surface area contributed by atoms with E-state index in [1.165, 1.54) is 0 Å². The van der Waals surface area contributed by atoms with Crippen molar-refractivity contribution in [3.63, 3.8) is 0 Å². The first-order chi connectivity index (χ1) is 17.8. The average molecular weight is 518 g/mol. The molecule has 0 aliphatic carbocycles. The monoisotopic (exact) mass is 517 g/mol. The first-order valence-electron chi connectivity index (χ1n) is 14.2. The van der Waals surface area contributed by atoms with Crippen molar-refractivity contribution in [1.29, 1.82) is 0 Å². The number of hydrogen-bond acceptors (Lipinski definition) is 5. The molecule has 1 N–H and O–H groups in total. The molecule has 0 radical (unpaired) electrons. The Bertz CT molecular complexity index is 862. The quantitative estimate of drug-likeness (QED) is 0.337. The third-order valence-electron chi connectivity index (χ3n) is 8.70. The van der Waals surface area contributed by atoms with Gasteiger partial charge in [0.05, 0.1) is 30.6 Å². The third-order valence-corrected chi connectivity index (χ3v) is 8.70. The Labute approximate surface area is 222 Å². The SMILES string of the molecule is C=CCN(CCCC)C(=O)C1N([C@@H](CO)[C@@H](C)CC)C(=O)[C@@H]2[C@@H](C(=O)N(CC=C)CCC)[C@H]3CCC12O3. The number of carbonyl (C=O) groups is 3. The van der Waals surface area contributed by atoms with Crippen LogP contribution in [0.2, 0.25) is 0 Å². The van der Waals surface area contributed by atoms with Crippen molar-refractivity contribution >= 4 is 17.7 Å². The largest absolute Gasteiger partial charge is 0.394 e. The minimum absolute atomic E-state index is 0.0216. The number of nitrogens with zero attached hydrogens (tertiary/aromatic N) is 3. The minimum atomic E-state index is -1.06. The summed E-state index contributed by atoms with van der Waals surface area (Å²) in [5, 5.41) is 10.5. The molecule has 2 unspecified atom stereocenters. The highest BCUT2D eigenvalue weighted by molar-refractivity contribution is 5.99. The van der Waals surface area contributed by atoms with Crippen molar-refractivity contribution in [1.82, 2.24) is 14.7 Å². The molecule has 3 saturated heterocycles. The van der Waals surface area contributed by atoms with Gasteiger partial charge in [0.1, 0.15) is 11.6 Å². The maximum absolute atomic E-state index is 14.3. The van der Waals surface area contributed by atoms with Gasteiger partial charge in [-0.1, -0.05) is 52.7 Å². The van der Waals surface area contributed by atoms with E-state index in [1.807, 2.05) is 20.8 Å². The molecular formula is C29H47N3O5. The van der Waals surface area contributed by atoms with Gasteiger partial charge >= 0.3 is 0 Å². The molecule has 1 spiro atoms. The summed E-state index contributed by atoms with van der Waals surface area (Å²) in [6, 6.07) is -1.39. The predicted octanol–water partition coefficient (Wildman–Crippen LogP) is 3.01. The van der Waals surface area contributed by atoms with Gasteiger partial charge in [0, 0.05) is 26.2 Å². The van der Waals surface area contributed by atoms with Crippen molar-refractivity contribution in [2.45, 2.75) is 90.0 Å². The van der Waals surface area contributed by atoms with Crippen LogP contribution in [0.4, 0.5) is 0 Å². The summed E-state index contributed by atoms with van der Waals surface area (Å²) in [7, 11) is 0. The van der Waals surface area contributed by atoms with E-state index in [-0.39, 0.29) is 36.4 Å². The predicted molar refractivity (Wildman–Crippen MR) is 144 cm³/mol. The van der Waals surface area contributed by atoms with Crippen LogP contribution in [0.15, 0.2) is 25.3 Å². The Morgan fingerprint density at radius 1 is 1.14 bits per heavy atom. The van der Waals surface area contributed by atoms with Crippen LogP contribution in [0.25, 0.3) is 0 Å². The Morgan fingerprint density at radius 2 is 1.78 bits per heavy atom. The van der Waals surface area contributed by atoms with Crippen LogP contribution in [-0.4, -0.2) is 94.1 Å². The van der Waals surface area contributed by atoms with E-state index in [1.54, 1.807) is 26.9 Å². The van der Waals surface area contributed by atoms with Gasteiger partial charge in [0.15, 0.2) is 0 Å². The van der Waals surface area contributed by atoms with E-state index < -0.39 is 29.5 Å². The topological polar surface area (TPSA) is 90.4 Å². The lowest BCUT2D eigenvalue weighted by atomic mass is 9.70. The standard InChI is InChI=1S/C29H47N3O5/c1-7-12-18-31(17-10-4)28(36)25-29-14-13-22(37-29)23(26(34)30(15-8-2)16-9-3)24(29)27(35)32(25)21(19-33)20(6)11-5/h8,10,20-25,33H,2,4,7,9,11-19H2,1,3,5-6H3/t20-,21-,22+,23-,24-,25?,29?/m0/s1. The molecule has 208 valence electrons. The highest BCUT2D eigenvalue weighted by Crippen LogP contribution is 2.59. The van der Waals surface area contributed by atoms with Gasteiger partial charge in [0.2, 0.25) is 17.7 Å². The number of aliphatic hydroxyl groups is 1. The third kappa shape index (κ3) is 5.11. The Kier molecular flexibility index (Phi) is 9.98. The second-order valence-electron chi connectivity index (χ2n) is 10.9. The molecule has 3 rings (SSSR count). The van der Waals surface area contributed by atoms with Crippen LogP contribution in [0, 0.1) is 17.8 Å². The number of likely N-dealkylation sites (tertiary alicyclic amines) is 1. The number of unbranched alkanes of at least 4 members (excludes halogenated alkanes) is 1. The zero-order valence-electron chi connectivity index (χ0n) is 23.2. The fourth-order valence-corrected chi connectivity index (χ4v) is 6.72. The van der Waals surface area contributed by atoms with Crippen molar-refractivity contribution in [3.05, 3.63) is 25.3 Å². The van der Waals surface area contributed by atoms with Gasteiger partial charge in [-0.25, -0.2) is 0 Å². The van der Waals surface area contributed by atoms with Crippen LogP contribution >= 0.6 is 0 Å². The van der Waals surface area contributed by atoms with Crippen LogP contribution in [0.1, 0.15) is 66.2 Å². The van der Waals surface area contributed by atoms with Crippen LogP contribution < -0.4 is 0 Å². The van der Waals surface area contributed by atoms with Gasteiger partial charge in [-0.3, -0.25) is 14.4 Å². The van der Waals surface area contributed by atoms with Crippen LogP contribution in [0.5, 0.6) is 0 Å². The molecule has 3 fully saturated rings. The molecule has 37 heavy (non-hydrogen) atoms. The summed E-state index contributed by atoms with van der Waals surface area (Å²) in [5.74, 6) is -1.89. The molecular weight excluding hydrogens is 470 g/mol. The van der Waals surface area contributed by atoms with E-state index in [0.717, 1.165) is 25.7 Å². The van der Waals surface area contributed by atoms with E-state index in [2.05, 4.69) is 20.1 Å². The Balaban J connectivity index is 2.10. The molecule has 0 aromatic rings. The van der Waals surface area contributed by atoms with E-state index >= 15 is 0 Å². The molecule has 3 aliphatic rings. The molecule has 3 aliphatic heterocycles. The lowest BCUT2D eigenvalue weighted by Gasteiger charge is -2.41. The average Bonchev–Trinajstić information content (AvgIpc) is 3.53. The number of carbonyl (C=O) groups excluding carboxylic acids is 3. The number of aliphatic hydroxyl groups excluding tert-OH is 1. The second kappa shape index (κ2) is 12.6. The van der Waals surface area contributed by atoms with Crippen LogP contribution in [0.3, 0.4) is 0 Å². The molecule has 3 amide bonds. The summed E-state index contributed by atoms with van der Waals surface area (Å²) >= 11 is 0. The van der Waals surface area contributed by atoms with Crippen molar-refractivity contribution in [2.24, 2.45) is 17.8 Å². The summed E-state index contributed by atoms with van der Waals surface area (Å²) in [4.78, 5) is 47.6. The second-order valence-corrected chi connectivity index (χ2v) is 10.9. The maximum atomic E-state index is 14.3. The van der Waals surface area contributed by atoms with Crippen molar-refractivity contribution in [2.75, 3.05) is 32.8 Å². The first-order valence-corrected chi connectivity index (χ1v) is 14.2. The van der Waals surface area contributed by atoms with E-state index in [0.29, 0.717) is 39.0 Å². The summed E-state index contributed by atoms with van der Waals surface area (Å²) < 4.78 is 6.61. The maximum Gasteiger partial charge on any atom is 0.248 e. The van der Waals surface area contributed by atoms with Crippen molar-refractivity contribution in [3.8, 4) is 0 Å². The fourth-order valence-electron chi connectivity index (χ4n) is 6.72. The number of fused-ring (bicyclic) bond motifs is 1. The van der Waals surface area contributed by atoms with Gasteiger partial charge in [-0.2, -0.15) is 0 Å². The van der Waals surface area contributed by atoms with Gasteiger partial charge in [-0.05, 0) is 31.6 Å². The van der Waals surface area contributed by atoms with Gasteiger partial charge in [0.25, 0.3) is 0 Å². The molecule has 0 aromatic carbocycles. The van der Waals surface area contributed by atoms with Crippen LogP contribution in [-0.2, 0) is 19.1 Å². The molecule has 8 heteroatoms. The Hall–Kier alpha value is -2.19. The zero-order valence-corrected chi connectivity index (χ0v) is 23.2. The molecule has 8 nitrogen and oxygen atoms in total. The van der Waals surface area contributed by atoms with E-state index in [9.17, 15) is 19.5 Å². The lowest BCUT2D eigenvalue weighted by Crippen LogP contribution is -2.59. The van der Waals surface area contributed by atoms with Gasteiger partial charge in [-0.15, -0.1) is 13.2 Å². The first kappa shape index (κ1) is 29.4. The molecule has 0 aromatic heterocycles. The highest BCUT2D eigenvalue weighted by atomic mass is 16.5. The zero-order chi connectivity index (χ0) is 27.3. The summed E-state index contributed by atoms with van der Waals surface area (Å²) in [5.41, 5.74) is -1.06. The van der Waals surface area contributed by atoms with Crippen molar-refractivity contribution < 1.29 is 24.2 Å². The summed E-state index contributed by atoms with van der Waals surface area (Å²) in [6.45, 7) is 17.4.